The van der Waals surface area contributed by atoms with Gasteiger partial charge in [-0.2, -0.15) is 0 Å². The van der Waals surface area contributed by atoms with Crippen LogP contribution in [0.15, 0.2) is 12.1 Å². The number of hydrogen-bond acceptors (Lipinski definition) is 3. The normalized spacial score (nSPS) is 31.6. The lowest BCUT2D eigenvalue weighted by Crippen LogP contribution is -2.61. The van der Waals surface area contributed by atoms with E-state index in [1.54, 1.807) is 20.8 Å². The molecule has 3 rings (SSSR count). The molecule has 1 amide bonds. The van der Waals surface area contributed by atoms with E-state index in [2.05, 4.69) is 0 Å². The molecule has 0 radical (unpaired) electrons. The molecule has 0 aromatic carbocycles. The molecular weight excluding hydrogens is 246 g/mol. The Bertz CT molecular complexity index is 494. The maximum Gasteiger partial charge on any atom is 0.411 e. The van der Waals surface area contributed by atoms with Gasteiger partial charge in [-0.15, -0.1) is 0 Å². The number of carbonyl (C=O) groups excluding carboxylic acids is 1. The van der Waals surface area contributed by atoms with Crippen LogP contribution in [0, 0.1) is 5.92 Å². The predicted molar refractivity (Wildman–Crippen MR) is 69.8 cm³/mol. The number of fused-ring (bicyclic) bond motifs is 3. The average molecular weight is 269 g/mol. The van der Waals surface area contributed by atoms with Crippen molar-refractivity contribution in [2.45, 2.75) is 57.7 Å². The van der Waals surface area contributed by atoms with Crippen LogP contribution in [0.2, 0.25) is 0 Å². The predicted octanol–water partition coefficient (Wildman–Crippen LogP) is 2.42. The van der Waals surface area contributed by atoms with Gasteiger partial charge in [0.05, 0.1) is 2.74 Å². The van der Waals surface area contributed by atoms with E-state index in [1.165, 1.54) is 4.90 Å². The zero-order chi connectivity index (χ0) is 15.9. The molecule has 1 aliphatic carbocycles. The molecule has 2 aliphatic heterocycles. The van der Waals surface area contributed by atoms with Gasteiger partial charge in [-0.1, -0.05) is 12.1 Å². The van der Waals surface area contributed by atoms with E-state index < -0.39 is 29.6 Å². The molecule has 2 saturated heterocycles. The van der Waals surface area contributed by atoms with Crippen LogP contribution in [0.1, 0.15) is 42.8 Å². The van der Waals surface area contributed by atoms with Crippen molar-refractivity contribution in [2.75, 3.05) is 0 Å². The molecule has 0 spiro atoms. The summed E-state index contributed by atoms with van der Waals surface area (Å²) < 4.78 is 20.3. The van der Waals surface area contributed by atoms with Crippen molar-refractivity contribution >= 4 is 12.1 Å². The number of amides is 1. The summed E-state index contributed by atoms with van der Waals surface area (Å²) in [6.07, 6.45) is 1.05. The highest BCUT2D eigenvalue weighted by Gasteiger charge is 2.50. The van der Waals surface area contributed by atoms with Crippen molar-refractivity contribution in [3.8, 4) is 0 Å². The summed E-state index contributed by atoms with van der Waals surface area (Å²) in [5.41, 5.74) is -0.149. The van der Waals surface area contributed by atoms with Crippen molar-refractivity contribution in [2.24, 2.45) is 5.92 Å². The monoisotopic (exact) mass is 269 g/mol. The third-order valence-corrected chi connectivity index (χ3v) is 3.65. The van der Waals surface area contributed by atoms with E-state index >= 15 is 0 Å². The minimum atomic E-state index is -1.10. The number of piperidine rings is 2. The van der Waals surface area contributed by atoms with Crippen LogP contribution in [0.25, 0.3) is 0 Å². The van der Waals surface area contributed by atoms with E-state index in [0.29, 0.717) is 24.8 Å². The molecule has 0 aromatic rings. The molecule has 3 atom stereocenters. The SMILES string of the molecule is [2H]C([2H])=C1C[C@@H]2CC[C@H]1[C@@H](C(=O)O)N2C(=O)OC(C)(C)C. The summed E-state index contributed by atoms with van der Waals surface area (Å²) in [6.45, 7) is 4.89. The van der Waals surface area contributed by atoms with Crippen LogP contribution in [0.4, 0.5) is 4.79 Å². The smallest absolute Gasteiger partial charge is 0.411 e. The Morgan fingerprint density at radius 2 is 2.16 bits per heavy atom. The number of hydrogen-bond donors (Lipinski definition) is 1. The molecule has 0 unspecified atom stereocenters. The van der Waals surface area contributed by atoms with E-state index in [-0.39, 0.29) is 12.6 Å². The fourth-order valence-corrected chi connectivity index (χ4v) is 2.93. The lowest BCUT2D eigenvalue weighted by Gasteiger charge is -2.50. The molecule has 2 bridgehead atoms. The number of nitrogens with zero attached hydrogens (tertiary/aromatic N) is 1. The molecule has 1 N–H and O–H groups in total. The second-order valence-corrected chi connectivity index (χ2v) is 6.24. The van der Waals surface area contributed by atoms with E-state index in [1.807, 2.05) is 0 Å². The van der Waals surface area contributed by atoms with Crippen molar-refractivity contribution in [1.29, 1.82) is 0 Å². The average Bonchev–Trinajstić information content (AvgIpc) is 2.35. The molecular formula is C14H21NO4. The summed E-state index contributed by atoms with van der Waals surface area (Å²) in [5, 5.41) is 9.48. The minimum absolute atomic E-state index is 0.299. The number of carboxylic acid groups (broad SMARTS) is 1. The molecule has 3 aliphatic rings. The van der Waals surface area contributed by atoms with Crippen LogP contribution in [0.5, 0.6) is 0 Å². The second kappa shape index (κ2) is 4.54. The van der Waals surface area contributed by atoms with Crippen LogP contribution in [0.3, 0.4) is 0 Å². The minimum Gasteiger partial charge on any atom is -0.480 e. The second-order valence-electron chi connectivity index (χ2n) is 6.24. The van der Waals surface area contributed by atoms with E-state index in [0.717, 1.165) is 0 Å². The van der Waals surface area contributed by atoms with Gasteiger partial charge in [0.1, 0.15) is 11.6 Å². The Labute approximate surface area is 116 Å². The third kappa shape index (κ3) is 2.60. The first kappa shape index (κ1) is 11.3. The largest absolute Gasteiger partial charge is 0.480 e. The van der Waals surface area contributed by atoms with Crippen molar-refractivity contribution in [1.82, 2.24) is 4.90 Å². The van der Waals surface area contributed by atoms with E-state index in [4.69, 9.17) is 7.48 Å². The highest BCUT2D eigenvalue weighted by Crippen LogP contribution is 2.43. The van der Waals surface area contributed by atoms with Crippen LogP contribution in [-0.4, -0.2) is 39.8 Å². The zero-order valence-electron chi connectivity index (χ0n) is 13.5. The number of rotatable bonds is 1. The summed E-state index contributed by atoms with van der Waals surface area (Å²) >= 11 is 0. The fraction of sp³-hybridized carbons (Fsp3) is 0.714. The highest BCUT2D eigenvalue weighted by molar-refractivity contribution is 5.82. The Kier molecular flexibility index (Phi) is 2.71. The zero-order valence-corrected chi connectivity index (χ0v) is 11.5. The molecule has 2 heterocycles. The molecule has 5 heteroatoms. The van der Waals surface area contributed by atoms with Gasteiger partial charge in [-0.3, -0.25) is 4.90 Å². The molecule has 3 fully saturated rings. The number of carbonyl (C=O) groups is 2. The molecule has 5 nitrogen and oxygen atoms in total. The lowest BCUT2D eigenvalue weighted by molar-refractivity contribution is -0.149. The Balaban J connectivity index is 2.32. The van der Waals surface area contributed by atoms with Gasteiger partial charge >= 0.3 is 12.1 Å². The first-order valence-electron chi connectivity index (χ1n) is 7.52. The summed E-state index contributed by atoms with van der Waals surface area (Å²) in [5.74, 6) is -1.56. The summed E-state index contributed by atoms with van der Waals surface area (Å²) in [6, 6.07) is -1.33. The maximum atomic E-state index is 12.3. The Hall–Kier alpha value is -1.52. The third-order valence-electron chi connectivity index (χ3n) is 3.65. The summed E-state index contributed by atoms with van der Waals surface area (Å²) in [4.78, 5) is 25.2. The number of ether oxygens (including phenoxy) is 1. The first-order valence-corrected chi connectivity index (χ1v) is 6.52. The van der Waals surface area contributed by atoms with Crippen LogP contribution < -0.4 is 0 Å². The number of aliphatic carboxylic acids is 1. The standard InChI is InChI=1S/C14H21NO4/c1-8-7-9-5-6-10(8)11(12(16)17)15(9)13(18)19-14(2,3)4/h9-11H,1,5-7H2,2-4H3,(H,16,17)/t9-,10+,11-/m0/s1/i1D2. The molecule has 1 saturated carbocycles. The lowest BCUT2D eigenvalue weighted by atomic mass is 9.72. The van der Waals surface area contributed by atoms with Crippen molar-refractivity contribution in [3.63, 3.8) is 0 Å². The van der Waals surface area contributed by atoms with Crippen molar-refractivity contribution < 1.29 is 22.2 Å². The topological polar surface area (TPSA) is 66.8 Å². The van der Waals surface area contributed by atoms with Gasteiger partial charge in [-0.25, -0.2) is 9.59 Å². The van der Waals surface area contributed by atoms with Gasteiger partial charge in [0.15, 0.2) is 0 Å². The van der Waals surface area contributed by atoms with Gasteiger partial charge in [0.25, 0.3) is 0 Å². The number of carboxylic acids is 1. The maximum absolute atomic E-state index is 12.3. The first-order chi connectivity index (χ1) is 9.61. The fourth-order valence-electron chi connectivity index (χ4n) is 2.93. The highest BCUT2D eigenvalue weighted by atomic mass is 16.6. The van der Waals surface area contributed by atoms with Gasteiger partial charge < -0.3 is 9.84 Å². The molecule has 19 heavy (non-hydrogen) atoms. The molecule has 106 valence electrons. The van der Waals surface area contributed by atoms with Crippen molar-refractivity contribution in [3.05, 3.63) is 12.1 Å². The Morgan fingerprint density at radius 3 is 2.68 bits per heavy atom. The Morgan fingerprint density at radius 1 is 1.47 bits per heavy atom. The van der Waals surface area contributed by atoms with Crippen LogP contribution in [-0.2, 0) is 9.53 Å². The van der Waals surface area contributed by atoms with Gasteiger partial charge in [-0.05, 0) is 40.0 Å². The van der Waals surface area contributed by atoms with E-state index in [9.17, 15) is 14.7 Å². The van der Waals surface area contributed by atoms with Gasteiger partial charge in [0.2, 0.25) is 0 Å². The molecule has 0 aromatic heterocycles. The van der Waals surface area contributed by atoms with Crippen LogP contribution >= 0.6 is 0 Å². The summed E-state index contributed by atoms with van der Waals surface area (Å²) in [7, 11) is 0. The van der Waals surface area contributed by atoms with Gasteiger partial charge in [0, 0.05) is 12.0 Å². The quantitative estimate of drug-likeness (QED) is 0.742.